The second-order valence-electron chi connectivity index (χ2n) is 6.73. The van der Waals surface area contributed by atoms with Crippen molar-refractivity contribution in [3.63, 3.8) is 0 Å². The number of fused-ring (bicyclic) bond motifs is 1. The fraction of sp³-hybridized carbons (Fsp3) is 0.611. The molecule has 1 aromatic rings. The Bertz CT molecular complexity index is 644. The number of aromatic amines is 1. The number of imidazole rings is 1. The van der Waals surface area contributed by atoms with Crippen LogP contribution in [0.1, 0.15) is 38.3 Å². The molecule has 0 radical (unpaired) electrons. The standard InChI is InChI=1S/C18H24N4O3/c1-12(23)17(8-13-9-19-11-20-13)21-22-18(24)25-10-16-14-6-4-2-3-5-7-15(14)16/h9,11,14-17,21H,4-8,10H2,1H3,(H,19,20)(H,22,24)/t14-,15+,16?,17-/m0/s1. The van der Waals surface area contributed by atoms with Crippen LogP contribution in [0.25, 0.3) is 0 Å². The Hall–Kier alpha value is -2.33. The molecule has 0 bridgehead atoms. The Morgan fingerprint density at radius 2 is 2.08 bits per heavy atom. The minimum absolute atomic E-state index is 0.0735. The Morgan fingerprint density at radius 3 is 2.68 bits per heavy atom. The topological polar surface area (TPSA) is 96.1 Å². The molecule has 7 heteroatoms. The molecule has 1 fully saturated rings. The van der Waals surface area contributed by atoms with Crippen molar-refractivity contribution in [3.8, 4) is 11.8 Å². The highest BCUT2D eigenvalue weighted by molar-refractivity contribution is 5.82. The lowest BCUT2D eigenvalue weighted by atomic mass is 10.1. The van der Waals surface area contributed by atoms with Crippen LogP contribution < -0.4 is 10.9 Å². The number of hydrogen-bond donors (Lipinski definition) is 3. The van der Waals surface area contributed by atoms with Gasteiger partial charge in [-0.1, -0.05) is 0 Å². The van der Waals surface area contributed by atoms with Gasteiger partial charge in [-0.15, -0.1) is 11.8 Å². The Morgan fingerprint density at radius 1 is 1.36 bits per heavy atom. The van der Waals surface area contributed by atoms with Crippen molar-refractivity contribution >= 4 is 11.9 Å². The molecule has 0 aliphatic heterocycles. The van der Waals surface area contributed by atoms with E-state index in [0.717, 1.165) is 31.4 Å². The molecule has 0 aromatic carbocycles. The lowest BCUT2D eigenvalue weighted by Gasteiger charge is -2.15. The van der Waals surface area contributed by atoms with E-state index >= 15 is 0 Å². The molecule has 1 heterocycles. The van der Waals surface area contributed by atoms with Crippen LogP contribution in [0, 0.1) is 29.6 Å². The number of hydrogen-bond acceptors (Lipinski definition) is 5. The van der Waals surface area contributed by atoms with Crippen LogP contribution in [0.5, 0.6) is 0 Å². The lowest BCUT2D eigenvalue weighted by molar-refractivity contribution is -0.119. The van der Waals surface area contributed by atoms with Gasteiger partial charge in [-0.25, -0.2) is 15.2 Å². The summed E-state index contributed by atoms with van der Waals surface area (Å²) in [6.07, 6.45) is 7.16. The van der Waals surface area contributed by atoms with Crippen LogP contribution in [0.2, 0.25) is 0 Å². The number of rotatable bonds is 7. The van der Waals surface area contributed by atoms with Gasteiger partial charge in [0.25, 0.3) is 0 Å². The van der Waals surface area contributed by atoms with Crippen LogP contribution in [-0.4, -0.2) is 34.5 Å². The maximum atomic E-state index is 11.9. The number of carbonyl (C=O) groups excluding carboxylic acids is 2. The van der Waals surface area contributed by atoms with Crippen molar-refractivity contribution in [3.05, 3.63) is 18.2 Å². The van der Waals surface area contributed by atoms with Crippen molar-refractivity contribution in [2.24, 2.45) is 17.8 Å². The minimum Gasteiger partial charge on any atom is -0.448 e. The van der Waals surface area contributed by atoms with E-state index in [1.807, 2.05) is 0 Å². The summed E-state index contributed by atoms with van der Waals surface area (Å²) in [5.41, 5.74) is 6.04. The number of ether oxygens (including phenoxy) is 1. The average Bonchev–Trinajstić information content (AvgIpc) is 2.94. The third kappa shape index (κ3) is 4.83. The number of nitrogens with zero attached hydrogens (tertiary/aromatic N) is 1. The van der Waals surface area contributed by atoms with Gasteiger partial charge in [-0.05, 0) is 37.5 Å². The molecule has 3 rings (SSSR count). The monoisotopic (exact) mass is 344 g/mol. The van der Waals surface area contributed by atoms with Crippen LogP contribution in [0.4, 0.5) is 4.79 Å². The number of H-pyrrole nitrogens is 1. The number of carbonyl (C=O) groups is 2. The first-order chi connectivity index (χ1) is 12.1. The molecular formula is C18H24N4O3. The number of nitrogens with one attached hydrogen (secondary N) is 3. The van der Waals surface area contributed by atoms with E-state index in [2.05, 4.69) is 32.7 Å². The first-order valence-electron chi connectivity index (χ1n) is 8.77. The molecule has 3 N–H and O–H groups in total. The van der Waals surface area contributed by atoms with Crippen molar-refractivity contribution in [1.82, 2.24) is 20.8 Å². The maximum absolute atomic E-state index is 11.9. The molecule has 1 amide bonds. The van der Waals surface area contributed by atoms with Crippen LogP contribution in [-0.2, 0) is 16.0 Å². The van der Waals surface area contributed by atoms with Crippen LogP contribution in [0.15, 0.2) is 12.5 Å². The molecule has 2 aliphatic rings. The smallest absolute Gasteiger partial charge is 0.421 e. The second kappa shape index (κ2) is 8.17. The van der Waals surface area contributed by atoms with Gasteiger partial charge >= 0.3 is 6.09 Å². The molecule has 0 saturated heterocycles. The Kier molecular flexibility index (Phi) is 5.71. The highest BCUT2D eigenvalue weighted by Gasteiger charge is 2.49. The van der Waals surface area contributed by atoms with E-state index in [9.17, 15) is 9.59 Å². The summed E-state index contributed by atoms with van der Waals surface area (Å²) in [5, 5.41) is 0. The molecule has 1 saturated carbocycles. The number of aromatic nitrogens is 2. The summed E-state index contributed by atoms with van der Waals surface area (Å²) < 4.78 is 5.32. The molecule has 1 aromatic heterocycles. The van der Waals surface area contributed by atoms with Gasteiger partial charge < -0.3 is 9.72 Å². The van der Waals surface area contributed by atoms with E-state index in [4.69, 9.17) is 4.74 Å². The fourth-order valence-electron chi connectivity index (χ4n) is 3.55. The predicted octanol–water partition coefficient (Wildman–Crippen LogP) is 1.58. The van der Waals surface area contributed by atoms with Gasteiger partial charge in [-0.2, -0.15) is 0 Å². The minimum atomic E-state index is -0.550. The van der Waals surface area contributed by atoms with Crippen LogP contribution >= 0.6 is 0 Å². The van der Waals surface area contributed by atoms with Gasteiger partial charge in [0.2, 0.25) is 0 Å². The van der Waals surface area contributed by atoms with E-state index in [-0.39, 0.29) is 5.78 Å². The second-order valence-corrected chi connectivity index (χ2v) is 6.73. The molecule has 4 atom stereocenters. The number of hydrazine groups is 1. The summed E-state index contributed by atoms with van der Waals surface area (Å²) in [6, 6.07) is -0.527. The first-order valence-corrected chi connectivity index (χ1v) is 8.77. The molecule has 25 heavy (non-hydrogen) atoms. The van der Waals surface area contributed by atoms with Crippen molar-refractivity contribution in [1.29, 1.82) is 0 Å². The Balaban J connectivity index is 1.38. The number of ketones is 1. The summed E-state index contributed by atoms with van der Waals surface area (Å²) in [5.74, 6) is 7.99. The van der Waals surface area contributed by atoms with E-state index in [1.54, 1.807) is 12.5 Å². The quantitative estimate of drug-likeness (QED) is 0.515. The molecule has 2 aliphatic carbocycles. The highest BCUT2D eigenvalue weighted by atomic mass is 16.6. The summed E-state index contributed by atoms with van der Waals surface area (Å²) in [4.78, 5) is 30.4. The maximum Gasteiger partial charge on any atom is 0.421 e. The zero-order valence-electron chi connectivity index (χ0n) is 14.4. The lowest BCUT2D eigenvalue weighted by Crippen LogP contribution is -2.48. The van der Waals surface area contributed by atoms with Crippen molar-refractivity contribution in [2.75, 3.05) is 6.61 Å². The molecule has 1 unspecified atom stereocenters. The third-order valence-electron chi connectivity index (χ3n) is 5.06. The zero-order chi connectivity index (χ0) is 17.6. The highest BCUT2D eigenvalue weighted by Crippen LogP contribution is 2.52. The van der Waals surface area contributed by atoms with E-state index in [0.29, 0.717) is 30.8 Å². The van der Waals surface area contributed by atoms with Crippen LogP contribution in [0.3, 0.4) is 0 Å². The normalized spacial score (nSPS) is 25.4. The molecule has 134 valence electrons. The SMILES string of the molecule is CC(=O)[C@H](Cc1cnc[nH]1)NNC(=O)OCC1[C@H]2CCC#CCC[C@@H]12. The third-order valence-corrected chi connectivity index (χ3v) is 5.06. The van der Waals surface area contributed by atoms with E-state index in [1.165, 1.54) is 6.92 Å². The number of amides is 1. The summed E-state index contributed by atoms with van der Waals surface area (Å²) >= 11 is 0. The largest absolute Gasteiger partial charge is 0.448 e. The Labute approximate surface area is 147 Å². The van der Waals surface area contributed by atoms with E-state index < -0.39 is 12.1 Å². The predicted molar refractivity (Wildman–Crippen MR) is 91.1 cm³/mol. The number of Topliss-reactive ketones (excluding diaryl/α,β-unsaturated/α-hetero) is 1. The zero-order valence-corrected chi connectivity index (χ0v) is 14.4. The first kappa shape index (κ1) is 17.5. The molecule has 0 spiro atoms. The van der Waals surface area contributed by atoms with Gasteiger partial charge in [0.1, 0.15) is 5.78 Å². The van der Waals surface area contributed by atoms with Gasteiger partial charge in [0, 0.05) is 31.2 Å². The van der Waals surface area contributed by atoms with Gasteiger partial charge in [-0.3, -0.25) is 10.2 Å². The van der Waals surface area contributed by atoms with Gasteiger partial charge in [0.15, 0.2) is 0 Å². The van der Waals surface area contributed by atoms with Gasteiger partial charge in [0.05, 0.1) is 19.0 Å². The summed E-state index contributed by atoms with van der Waals surface area (Å²) in [6.45, 7) is 1.90. The molecule has 7 nitrogen and oxygen atoms in total. The fourth-order valence-corrected chi connectivity index (χ4v) is 3.55. The average molecular weight is 344 g/mol. The van der Waals surface area contributed by atoms with Crippen molar-refractivity contribution in [2.45, 2.75) is 45.1 Å². The summed E-state index contributed by atoms with van der Waals surface area (Å²) in [7, 11) is 0. The van der Waals surface area contributed by atoms with Crippen molar-refractivity contribution < 1.29 is 14.3 Å². The molecular weight excluding hydrogens is 320 g/mol.